The third kappa shape index (κ3) is 5.71. The minimum atomic E-state index is -0.329. The van der Waals surface area contributed by atoms with E-state index < -0.39 is 0 Å². The van der Waals surface area contributed by atoms with Crippen molar-refractivity contribution in [2.24, 2.45) is 5.92 Å². The molecule has 6 nitrogen and oxygen atoms in total. The van der Waals surface area contributed by atoms with E-state index in [0.717, 1.165) is 18.4 Å². The van der Waals surface area contributed by atoms with Crippen molar-refractivity contribution in [3.63, 3.8) is 0 Å². The summed E-state index contributed by atoms with van der Waals surface area (Å²) < 4.78 is 13.1. The lowest BCUT2D eigenvalue weighted by molar-refractivity contribution is -0.141. The summed E-state index contributed by atoms with van der Waals surface area (Å²) in [5, 5.41) is 0.519. The molecular formula is C25H27ClFN3O3. The molecule has 0 aromatic heterocycles. The zero-order valence-electron chi connectivity index (χ0n) is 18.4. The van der Waals surface area contributed by atoms with Crippen molar-refractivity contribution < 1.29 is 18.8 Å². The summed E-state index contributed by atoms with van der Waals surface area (Å²) in [5.41, 5.74) is 1.31. The minimum Gasteiger partial charge on any atom is -0.342 e. The Morgan fingerprint density at radius 1 is 0.909 bits per heavy atom. The zero-order chi connectivity index (χ0) is 23.4. The molecule has 2 aromatic rings. The number of nitrogens with zero attached hydrogens (tertiary/aromatic N) is 3. The first kappa shape index (κ1) is 23.2. The molecular weight excluding hydrogens is 445 g/mol. The van der Waals surface area contributed by atoms with Gasteiger partial charge in [0.05, 0.1) is 12.3 Å². The van der Waals surface area contributed by atoms with Gasteiger partial charge in [-0.05, 0) is 48.7 Å². The summed E-state index contributed by atoms with van der Waals surface area (Å²) in [4.78, 5) is 43.9. The van der Waals surface area contributed by atoms with E-state index in [-0.39, 0.29) is 35.9 Å². The van der Waals surface area contributed by atoms with Crippen LogP contribution in [0.25, 0.3) is 0 Å². The number of amides is 3. The van der Waals surface area contributed by atoms with Gasteiger partial charge in [0.25, 0.3) is 5.91 Å². The van der Waals surface area contributed by atoms with Crippen LogP contribution in [0.3, 0.4) is 0 Å². The topological polar surface area (TPSA) is 60.9 Å². The fourth-order valence-electron chi connectivity index (χ4n) is 4.49. The molecule has 0 radical (unpaired) electrons. The summed E-state index contributed by atoms with van der Waals surface area (Å²) in [5.74, 6) is -0.643. The first-order valence-electron chi connectivity index (χ1n) is 11.3. The summed E-state index contributed by atoms with van der Waals surface area (Å²) in [6, 6.07) is 12.8. The Morgan fingerprint density at radius 2 is 1.61 bits per heavy atom. The number of likely N-dealkylation sites (tertiary alicyclic amines) is 1. The lowest BCUT2D eigenvalue weighted by Gasteiger charge is -2.39. The molecule has 0 saturated carbocycles. The molecule has 2 aliphatic rings. The quantitative estimate of drug-likeness (QED) is 0.687. The molecule has 0 spiro atoms. The van der Waals surface area contributed by atoms with Crippen LogP contribution in [0.5, 0.6) is 0 Å². The molecule has 2 saturated heterocycles. The summed E-state index contributed by atoms with van der Waals surface area (Å²) in [6.45, 7) is 2.93. The van der Waals surface area contributed by atoms with E-state index in [1.165, 1.54) is 12.1 Å². The largest absolute Gasteiger partial charge is 0.342 e. The van der Waals surface area contributed by atoms with Crippen LogP contribution in [0.4, 0.5) is 4.39 Å². The number of piperazine rings is 1. The van der Waals surface area contributed by atoms with Gasteiger partial charge in [-0.25, -0.2) is 4.39 Å². The van der Waals surface area contributed by atoms with Gasteiger partial charge in [0.2, 0.25) is 11.8 Å². The van der Waals surface area contributed by atoms with Crippen LogP contribution in [-0.2, 0) is 16.0 Å². The lowest BCUT2D eigenvalue weighted by atomic mass is 9.95. The van der Waals surface area contributed by atoms with Gasteiger partial charge in [-0.1, -0.05) is 29.8 Å². The van der Waals surface area contributed by atoms with Gasteiger partial charge < -0.3 is 14.7 Å². The number of hydrogen-bond donors (Lipinski definition) is 0. The van der Waals surface area contributed by atoms with Crippen LogP contribution < -0.4 is 0 Å². The number of hydrogen-bond acceptors (Lipinski definition) is 3. The van der Waals surface area contributed by atoms with Crippen molar-refractivity contribution >= 4 is 29.3 Å². The van der Waals surface area contributed by atoms with E-state index in [2.05, 4.69) is 0 Å². The molecule has 33 heavy (non-hydrogen) atoms. The third-order valence-corrected chi connectivity index (χ3v) is 6.58. The maximum absolute atomic E-state index is 13.1. The van der Waals surface area contributed by atoms with Crippen molar-refractivity contribution in [3.05, 3.63) is 70.5 Å². The average Bonchev–Trinajstić information content (AvgIpc) is 2.84. The molecule has 2 heterocycles. The SMILES string of the molecule is O=C(Cc1ccc(F)cc1)N1CCCC(C(=O)N2CCN(C(=O)c3cccc(Cl)c3)CC2)C1. The van der Waals surface area contributed by atoms with Gasteiger partial charge in [0.1, 0.15) is 5.82 Å². The minimum absolute atomic E-state index is 0.0453. The van der Waals surface area contributed by atoms with Crippen LogP contribution >= 0.6 is 11.6 Å². The summed E-state index contributed by atoms with van der Waals surface area (Å²) in [6.07, 6.45) is 1.73. The summed E-state index contributed by atoms with van der Waals surface area (Å²) in [7, 11) is 0. The van der Waals surface area contributed by atoms with Crippen molar-refractivity contribution in [2.45, 2.75) is 19.3 Å². The van der Waals surface area contributed by atoms with Gasteiger partial charge in [0, 0.05) is 49.9 Å². The number of halogens is 2. The molecule has 2 aliphatic heterocycles. The maximum Gasteiger partial charge on any atom is 0.254 e. The van der Waals surface area contributed by atoms with Crippen LogP contribution in [0.15, 0.2) is 48.5 Å². The van der Waals surface area contributed by atoms with Gasteiger partial charge in [0.15, 0.2) is 0 Å². The van der Waals surface area contributed by atoms with E-state index in [9.17, 15) is 18.8 Å². The Morgan fingerprint density at radius 3 is 2.30 bits per heavy atom. The van der Waals surface area contributed by atoms with Crippen molar-refractivity contribution in [2.75, 3.05) is 39.3 Å². The van der Waals surface area contributed by atoms with Crippen LogP contribution in [0, 0.1) is 11.7 Å². The second kappa shape index (κ2) is 10.3. The standard InChI is InChI=1S/C25H27ClFN3O3/c26-21-5-1-3-19(16-21)24(32)28-11-13-29(14-12-28)25(33)20-4-2-10-30(17-20)23(31)15-18-6-8-22(27)9-7-18/h1,3,5-9,16,20H,2,4,10-15,17H2. The Bertz CT molecular complexity index is 1020. The highest BCUT2D eigenvalue weighted by atomic mass is 35.5. The average molecular weight is 472 g/mol. The Labute approximate surface area is 197 Å². The molecule has 2 aromatic carbocycles. The Hall–Kier alpha value is -2.93. The molecule has 0 N–H and O–H groups in total. The van der Waals surface area contributed by atoms with Crippen LogP contribution in [0.1, 0.15) is 28.8 Å². The van der Waals surface area contributed by atoms with Gasteiger partial charge >= 0.3 is 0 Å². The van der Waals surface area contributed by atoms with E-state index in [1.54, 1.807) is 51.1 Å². The first-order chi connectivity index (χ1) is 15.9. The predicted octanol–water partition coefficient (Wildman–Crippen LogP) is 3.24. The van der Waals surface area contributed by atoms with Crippen LogP contribution in [-0.4, -0.2) is 71.7 Å². The molecule has 4 rings (SSSR count). The molecule has 3 amide bonds. The van der Waals surface area contributed by atoms with Crippen molar-refractivity contribution in [3.8, 4) is 0 Å². The van der Waals surface area contributed by atoms with E-state index in [4.69, 9.17) is 11.6 Å². The molecule has 0 aliphatic carbocycles. The maximum atomic E-state index is 13.1. The van der Waals surface area contributed by atoms with Gasteiger partial charge in [-0.2, -0.15) is 0 Å². The van der Waals surface area contributed by atoms with Crippen LogP contribution in [0.2, 0.25) is 5.02 Å². The smallest absolute Gasteiger partial charge is 0.254 e. The molecule has 1 unspecified atom stereocenters. The molecule has 1 atom stereocenters. The molecule has 174 valence electrons. The second-order valence-corrected chi connectivity index (χ2v) is 9.05. The number of carbonyl (C=O) groups is 3. The molecule has 8 heteroatoms. The Kier molecular flexibility index (Phi) is 7.28. The van der Waals surface area contributed by atoms with Gasteiger partial charge in [-0.3, -0.25) is 14.4 Å². The van der Waals surface area contributed by atoms with Crippen molar-refractivity contribution in [1.82, 2.24) is 14.7 Å². The highest BCUT2D eigenvalue weighted by Crippen LogP contribution is 2.21. The number of rotatable bonds is 4. The Balaban J connectivity index is 1.29. The number of piperidine rings is 1. The zero-order valence-corrected chi connectivity index (χ0v) is 19.1. The second-order valence-electron chi connectivity index (χ2n) is 8.61. The summed E-state index contributed by atoms with van der Waals surface area (Å²) >= 11 is 6.00. The lowest BCUT2D eigenvalue weighted by Crippen LogP contribution is -2.54. The van der Waals surface area contributed by atoms with Crippen molar-refractivity contribution in [1.29, 1.82) is 0 Å². The molecule has 2 fully saturated rings. The predicted molar refractivity (Wildman–Crippen MR) is 123 cm³/mol. The number of carbonyl (C=O) groups excluding carboxylic acids is 3. The highest BCUT2D eigenvalue weighted by Gasteiger charge is 2.33. The third-order valence-electron chi connectivity index (χ3n) is 6.34. The van der Waals surface area contributed by atoms with E-state index >= 15 is 0 Å². The first-order valence-corrected chi connectivity index (χ1v) is 11.6. The van der Waals surface area contributed by atoms with Gasteiger partial charge in [-0.15, -0.1) is 0 Å². The normalized spacial score (nSPS) is 18.8. The fraction of sp³-hybridized carbons (Fsp3) is 0.400. The highest BCUT2D eigenvalue weighted by molar-refractivity contribution is 6.30. The van der Waals surface area contributed by atoms with E-state index in [1.807, 2.05) is 0 Å². The fourth-order valence-corrected chi connectivity index (χ4v) is 4.68. The monoisotopic (exact) mass is 471 g/mol. The van der Waals surface area contributed by atoms with E-state index in [0.29, 0.717) is 49.9 Å². The molecule has 0 bridgehead atoms. The number of benzene rings is 2.